The standard InChI is InChI=1S/C27H28F3N5O2/c1-14(18-5-4-6-19(22(18)28)23(29)30)31-24-21-13-20(26(37-3)34-25(21)33-15(2)32-24)16-9-11-35(12-10-16)27(36)17-7-8-17/h4-6,9,13-14,17,23H,7-8,10-12H2,1-3H3,(H,31,32,33,34)/t14-/m1/s1. The number of anilines is 1. The van der Waals surface area contributed by atoms with Crippen molar-refractivity contribution < 1.29 is 22.7 Å². The Morgan fingerprint density at radius 2 is 1.95 bits per heavy atom. The molecule has 5 rings (SSSR count). The predicted octanol–water partition coefficient (Wildman–Crippen LogP) is 5.62. The van der Waals surface area contributed by atoms with Crippen LogP contribution in [0.25, 0.3) is 16.6 Å². The SMILES string of the molecule is COc1nc2nc(C)nc(N[C@H](C)c3cccc(C(F)F)c3F)c2cc1C1=CCN(C(=O)C2CC2)CC1. The van der Waals surface area contributed by atoms with Gasteiger partial charge in [0.15, 0.2) is 5.65 Å². The molecule has 3 heterocycles. The number of methoxy groups -OCH3 is 1. The van der Waals surface area contributed by atoms with Crippen molar-refractivity contribution in [2.75, 3.05) is 25.5 Å². The summed E-state index contributed by atoms with van der Waals surface area (Å²) >= 11 is 0. The molecule has 37 heavy (non-hydrogen) atoms. The largest absolute Gasteiger partial charge is 0.481 e. The zero-order valence-electron chi connectivity index (χ0n) is 20.9. The number of aromatic nitrogens is 3. The Morgan fingerprint density at radius 1 is 1.19 bits per heavy atom. The highest BCUT2D eigenvalue weighted by molar-refractivity contribution is 5.91. The van der Waals surface area contributed by atoms with Crippen LogP contribution >= 0.6 is 0 Å². The number of fused-ring (bicyclic) bond motifs is 1. The molecule has 0 bridgehead atoms. The van der Waals surface area contributed by atoms with Crippen molar-refractivity contribution in [3.8, 4) is 5.88 Å². The highest BCUT2D eigenvalue weighted by Crippen LogP contribution is 2.36. The monoisotopic (exact) mass is 511 g/mol. The van der Waals surface area contributed by atoms with Crippen molar-refractivity contribution >= 4 is 28.3 Å². The van der Waals surface area contributed by atoms with E-state index in [-0.39, 0.29) is 17.4 Å². The Bertz CT molecular complexity index is 1390. The van der Waals surface area contributed by atoms with Crippen molar-refractivity contribution in [3.63, 3.8) is 0 Å². The third-order valence-corrected chi connectivity index (χ3v) is 6.86. The van der Waals surface area contributed by atoms with Gasteiger partial charge in [0.2, 0.25) is 11.8 Å². The van der Waals surface area contributed by atoms with Crippen LogP contribution < -0.4 is 10.1 Å². The maximum Gasteiger partial charge on any atom is 0.266 e. The lowest BCUT2D eigenvalue weighted by Gasteiger charge is -2.27. The van der Waals surface area contributed by atoms with Crippen molar-refractivity contribution in [2.24, 2.45) is 5.92 Å². The first-order valence-corrected chi connectivity index (χ1v) is 12.3. The molecule has 0 radical (unpaired) electrons. The molecule has 2 aliphatic rings. The molecule has 1 N–H and O–H groups in total. The number of nitrogens with zero attached hydrogens (tertiary/aromatic N) is 4. The number of hydrogen-bond acceptors (Lipinski definition) is 6. The van der Waals surface area contributed by atoms with E-state index in [2.05, 4.69) is 20.3 Å². The molecule has 1 atom stereocenters. The summed E-state index contributed by atoms with van der Waals surface area (Å²) in [4.78, 5) is 27.9. The maximum atomic E-state index is 14.8. The van der Waals surface area contributed by atoms with E-state index in [4.69, 9.17) is 4.74 Å². The van der Waals surface area contributed by atoms with Gasteiger partial charge >= 0.3 is 0 Å². The van der Waals surface area contributed by atoms with E-state index in [0.29, 0.717) is 48.1 Å². The van der Waals surface area contributed by atoms with E-state index in [1.165, 1.54) is 19.2 Å². The third kappa shape index (κ3) is 4.97. The molecule has 2 aromatic heterocycles. The molecule has 3 aromatic rings. The lowest BCUT2D eigenvalue weighted by Crippen LogP contribution is -2.35. The van der Waals surface area contributed by atoms with Gasteiger partial charge in [0.25, 0.3) is 6.43 Å². The lowest BCUT2D eigenvalue weighted by atomic mass is 9.99. The summed E-state index contributed by atoms with van der Waals surface area (Å²) in [5.41, 5.74) is 1.64. The molecule has 10 heteroatoms. The Balaban J connectivity index is 1.50. The van der Waals surface area contributed by atoms with Crippen LogP contribution in [0.4, 0.5) is 19.0 Å². The molecule has 1 aliphatic heterocycles. The van der Waals surface area contributed by atoms with Gasteiger partial charge in [-0.25, -0.2) is 23.1 Å². The number of carbonyl (C=O) groups excluding carboxylic acids is 1. The van der Waals surface area contributed by atoms with Crippen LogP contribution in [-0.4, -0.2) is 46.0 Å². The minimum Gasteiger partial charge on any atom is -0.481 e. The smallest absolute Gasteiger partial charge is 0.266 e. The normalized spacial score (nSPS) is 16.6. The van der Waals surface area contributed by atoms with Gasteiger partial charge in [0.1, 0.15) is 17.5 Å². The molecule has 1 aromatic carbocycles. The number of ether oxygens (including phenoxy) is 1. The van der Waals surface area contributed by atoms with Crippen molar-refractivity contribution in [3.05, 3.63) is 58.7 Å². The van der Waals surface area contributed by atoms with Crippen LogP contribution in [0, 0.1) is 18.7 Å². The number of carbonyl (C=O) groups is 1. The molecule has 0 spiro atoms. The lowest BCUT2D eigenvalue weighted by molar-refractivity contribution is -0.132. The highest BCUT2D eigenvalue weighted by atomic mass is 19.3. The van der Waals surface area contributed by atoms with Gasteiger partial charge in [-0.1, -0.05) is 24.3 Å². The topological polar surface area (TPSA) is 80.2 Å². The summed E-state index contributed by atoms with van der Waals surface area (Å²) in [6, 6.07) is 5.20. The molecule has 194 valence electrons. The number of pyridine rings is 1. The minimum atomic E-state index is -2.91. The number of benzene rings is 1. The van der Waals surface area contributed by atoms with Crippen LogP contribution in [0.3, 0.4) is 0 Å². The van der Waals surface area contributed by atoms with Gasteiger partial charge in [-0.15, -0.1) is 0 Å². The average Bonchev–Trinajstić information content (AvgIpc) is 3.73. The Kier molecular flexibility index (Phi) is 6.74. The third-order valence-electron chi connectivity index (χ3n) is 6.86. The molecule has 0 unspecified atom stereocenters. The van der Waals surface area contributed by atoms with Gasteiger partial charge in [-0.3, -0.25) is 4.79 Å². The Hall–Kier alpha value is -3.69. The molecule has 1 aliphatic carbocycles. The first-order chi connectivity index (χ1) is 17.8. The summed E-state index contributed by atoms with van der Waals surface area (Å²) in [6.45, 7) is 4.54. The van der Waals surface area contributed by atoms with E-state index in [1.807, 2.05) is 17.0 Å². The number of nitrogens with one attached hydrogen (secondary N) is 1. The first kappa shape index (κ1) is 25.0. The zero-order chi connectivity index (χ0) is 26.3. The fourth-order valence-electron chi connectivity index (χ4n) is 4.70. The van der Waals surface area contributed by atoms with Gasteiger partial charge < -0.3 is 15.0 Å². The van der Waals surface area contributed by atoms with Crippen molar-refractivity contribution in [2.45, 2.75) is 45.6 Å². The maximum absolute atomic E-state index is 14.8. The van der Waals surface area contributed by atoms with Crippen LogP contribution in [0.2, 0.25) is 0 Å². The summed E-state index contributed by atoms with van der Waals surface area (Å²) in [5, 5.41) is 3.76. The summed E-state index contributed by atoms with van der Waals surface area (Å²) in [6.07, 6.45) is 1.70. The summed E-state index contributed by atoms with van der Waals surface area (Å²) in [7, 11) is 1.54. The van der Waals surface area contributed by atoms with Gasteiger partial charge in [0, 0.05) is 30.1 Å². The van der Waals surface area contributed by atoms with E-state index >= 15 is 0 Å². The minimum absolute atomic E-state index is 0.110. The Labute approximate surface area is 212 Å². The first-order valence-electron chi connectivity index (χ1n) is 12.3. The second-order valence-electron chi connectivity index (χ2n) is 9.49. The van der Waals surface area contributed by atoms with Crippen LogP contribution in [0.1, 0.15) is 61.2 Å². The quantitative estimate of drug-likeness (QED) is 0.444. The number of amides is 1. The molecule has 1 amide bonds. The summed E-state index contributed by atoms with van der Waals surface area (Å²) < 4.78 is 46.8. The van der Waals surface area contributed by atoms with Gasteiger partial charge in [-0.05, 0) is 44.7 Å². The highest BCUT2D eigenvalue weighted by Gasteiger charge is 2.34. The second kappa shape index (κ2) is 9.99. The predicted molar refractivity (Wildman–Crippen MR) is 134 cm³/mol. The van der Waals surface area contributed by atoms with E-state index in [9.17, 15) is 18.0 Å². The molecule has 1 saturated carbocycles. The molecule has 1 fully saturated rings. The van der Waals surface area contributed by atoms with Crippen molar-refractivity contribution in [1.82, 2.24) is 19.9 Å². The number of hydrogen-bond donors (Lipinski definition) is 1. The fourth-order valence-corrected chi connectivity index (χ4v) is 4.70. The van der Waals surface area contributed by atoms with E-state index in [1.54, 1.807) is 13.8 Å². The van der Waals surface area contributed by atoms with E-state index in [0.717, 1.165) is 30.0 Å². The van der Waals surface area contributed by atoms with Crippen LogP contribution in [-0.2, 0) is 4.79 Å². The zero-order valence-corrected chi connectivity index (χ0v) is 20.9. The number of alkyl halides is 2. The average molecular weight is 512 g/mol. The molecule has 7 nitrogen and oxygen atoms in total. The van der Waals surface area contributed by atoms with Gasteiger partial charge in [0.05, 0.1) is 24.1 Å². The van der Waals surface area contributed by atoms with Gasteiger partial charge in [-0.2, -0.15) is 4.98 Å². The van der Waals surface area contributed by atoms with Crippen molar-refractivity contribution in [1.29, 1.82) is 0 Å². The molecule has 0 saturated heterocycles. The summed E-state index contributed by atoms with van der Waals surface area (Å²) in [5.74, 6) is 0.715. The Morgan fingerprint density at radius 3 is 2.59 bits per heavy atom. The van der Waals surface area contributed by atoms with Crippen LogP contribution in [0.5, 0.6) is 5.88 Å². The molecular weight excluding hydrogens is 483 g/mol. The number of rotatable bonds is 7. The molecular formula is C27H28F3N5O2. The van der Waals surface area contributed by atoms with Crippen LogP contribution in [0.15, 0.2) is 30.3 Å². The second-order valence-corrected chi connectivity index (χ2v) is 9.49. The number of halogens is 3. The fraction of sp³-hybridized carbons (Fsp3) is 0.407. The number of aryl methyl sites for hydroxylation is 1. The van der Waals surface area contributed by atoms with E-state index < -0.39 is 23.8 Å².